The number of aliphatic carboxylic acids is 1. The molecule has 1 N–H and O–H groups in total. The van der Waals surface area contributed by atoms with E-state index in [1.807, 2.05) is 56.3 Å². The third kappa shape index (κ3) is 10.6. The van der Waals surface area contributed by atoms with Gasteiger partial charge in [-0.3, -0.25) is 14.8 Å². The second-order valence-electron chi connectivity index (χ2n) is 7.16. The summed E-state index contributed by atoms with van der Waals surface area (Å²) in [4.78, 5) is 17.3. The Bertz CT molecular complexity index is 1250. The van der Waals surface area contributed by atoms with Crippen LogP contribution in [0.4, 0.5) is 5.69 Å². The van der Waals surface area contributed by atoms with Crippen LogP contribution >= 0.6 is 0 Å². The van der Waals surface area contributed by atoms with Crippen molar-refractivity contribution in [2.45, 2.75) is 25.7 Å². The van der Waals surface area contributed by atoms with Gasteiger partial charge in [0.2, 0.25) is 0 Å². The number of aryl methyl sites for hydroxylation is 2. The summed E-state index contributed by atoms with van der Waals surface area (Å²) < 4.78 is 29.1. The summed E-state index contributed by atoms with van der Waals surface area (Å²) in [5.41, 5.74) is 3.81. The van der Waals surface area contributed by atoms with Crippen LogP contribution < -0.4 is 0 Å². The fraction of sp³-hybridized carbons (Fsp3) is 0.115. The largest absolute Gasteiger partial charge is 0.572 e. The number of carboxylic acid groups (broad SMARTS) is 1. The minimum atomic E-state index is -3.77. The summed E-state index contributed by atoms with van der Waals surface area (Å²) in [6.45, 7) is 4.95. The van der Waals surface area contributed by atoms with Crippen molar-refractivity contribution in [2.75, 3.05) is 0 Å². The van der Waals surface area contributed by atoms with Gasteiger partial charge in [-0.05, 0) is 55.3 Å². The van der Waals surface area contributed by atoms with Crippen molar-refractivity contribution in [2.24, 2.45) is 0 Å². The van der Waals surface area contributed by atoms with E-state index in [0.717, 1.165) is 18.1 Å². The molecule has 0 spiro atoms. The van der Waals surface area contributed by atoms with Gasteiger partial charge >= 0.3 is 0 Å². The van der Waals surface area contributed by atoms with Crippen molar-refractivity contribution in [1.29, 1.82) is 0 Å². The van der Waals surface area contributed by atoms with Crippen LogP contribution in [0.15, 0.2) is 102 Å². The second-order valence-corrected chi connectivity index (χ2v) is 8.77. The molecule has 0 unspecified atom stereocenters. The van der Waals surface area contributed by atoms with Crippen LogP contribution in [0.3, 0.4) is 0 Å². The maximum atomic E-state index is 12.6. The van der Waals surface area contributed by atoms with E-state index in [2.05, 4.69) is 14.7 Å². The van der Waals surface area contributed by atoms with Gasteiger partial charge in [0.1, 0.15) is 10.0 Å². The Labute approximate surface area is 220 Å². The Morgan fingerprint density at radius 1 is 0.829 bits per heavy atom. The number of aromatic nitrogens is 2. The first kappa shape index (κ1) is 29.7. The number of carbonyl (C=O) groups is 1. The molecule has 0 amide bonds. The van der Waals surface area contributed by atoms with E-state index < -0.39 is 16.0 Å². The van der Waals surface area contributed by atoms with Crippen LogP contribution in [0.2, 0.25) is 0 Å². The van der Waals surface area contributed by atoms with Gasteiger partial charge < -0.3 is 9.83 Å². The molecule has 0 bridgehead atoms. The zero-order chi connectivity index (χ0) is 25.0. The predicted octanol–water partition coefficient (Wildman–Crippen LogP) is 5.93. The van der Waals surface area contributed by atoms with Crippen molar-refractivity contribution in [3.8, 4) is 11.3 Å². The number of sulfonamides is 1. The number of benzene rings is 2. The molecule has 0 aliphatic heterocycles. The van der Waals surface area contributed by atoms with Crippen molar-refractivity contribution >= 4 is 21.7 Å². The van der Waals surface area contributed by atoms with Crippen LogP contribution in [0.1, 0.15) is 18.1 Å². The number of hydrogen-bond acceptors (Lipinski definition) is 5. The van der Waals surface area contributed by atoms with Gasteiger partial charge in [0.25, 0.3) is 5.97 Å². The van der Waals surface area contributed by atoms with E-state index in [-0.39, 0.29) is 25.3 Å². The first-order valence-electron chi connectivity index (χ1n) is 10.3. The van der Waals surface area contributed by atoms with E-state index >= 15 is 0 Å². The molecule has 0 aliphatic rings. The first-order chi connectivity index (χ1) is 16.2. The predicted molar refractivity (Wildman–Crippen MR) is 133 cm³/mol. The average molecular weight is 583 g/mol. The molecule has 9 heteroatoms. The number of hydrogen-bond donors (Lipinski definition) is 1. The van der Waals surface area contributed by atoms with Crippen LogP contribution in [0.25, 0.3) is 16.0 Å². The number of carboxylic acids is 1. The summed E-state index contributed by atoms with van der Waals surface area (Å²) in [6, 6.07) is 23.3. The third-order valence-corrected chi connectivity index (χ3v) is 5.50. The van der Waals surface area contributed by atoms with Crippen molar-refractivity contribution in [3.05, 3.63) is 113 Å². The first-order valence-corrected chi connectivity index (χ1v) is 11.7. The SMILES string of the molecule is CC(=O)O.Cc1ccc(S(=O)(=O)[N-]c2ccccc2-c2ccc(C)cn2)cc1.[Pd].c1ccncc1. The fourth-order valence-electron chi connectivity index (χ4n) is 2.60. The number of rotatable bonds is 4. The van der Waals surface area contributed by atoms with E-state index in [0.29, 0.717) is 16.9 Å². The van der Waals surface area contributed by atoms with E-state index in [9.17, 15) is 8.42 Å². The molecule has 0 aliphatic carbocycles. The van der Waals surface area contributed by atoms with Gasteiger partial charge in [-0.15, -0.1) is 5.69 Å². The molecule has 0 saturated heterocycles. The molecular formula is C26H26N3O4PdS-. The maximum Gasteiger partial charge on any atom is 0.300 e. The molecule has 35 heavy (non-hydrogen) atoms. The van der Waals surface area contributed by atoms with Crippen molar-refractivity contribution in [3.63, 3.8) is 0 Å². The molecule has 0 atom stereocenters. The summed E-state index contributed by atoms with van der Waals surface area (Å²) in [6.07, 6.45) is 5.25. The average Bonchev–Trinajstić information content (AvgIpc) is 2.81. The molecule has 0 radical (unpaired) electrons. The summed E-state index contributed by atoms with van der Waals surface area (Å²) >= 11 is 0. The van der Waals surface area contributed by atoms with Crippen LogP contribution in [0.5, 0.6) is 0 Å². The molecule has 186 valence electrons. The van der Waals surface area contributed by atoms with Crippen LogP contribution in [0, 0.1) is 13.8 Å². The summed E-state index contributed by atoms with van der Waals surface area (Å²) in [7, 11) is -3.77. The Hall–Kier alpha value is -3.38. The summed E-state index contributed by atoms with van der Waals surface area (Å²) in [5, 5.41) is 7.42. The van der Waals surface area contributed by atoms with Gasteiger partial charge in [-0.1, -0.05) is 54.1 Å². The van der Waals surface area contributed by atoms with Crippen molar-refractivity contribution < 1.29 is 38.7 Å². The minimum absolute atomic E-state index is 0. The van der Waals surface area contributed by atoms with Gasteiger partial charge in [0, 0.05) is 45.9 Å². The zero-order valence-corrected chi connectivity index (χ0v) is 21.8. The van der Waals surface area contributed by atoms with Gasteiger partial charge in [0.05, 0.1) is 10.6 Å². The van der Waals surface area contributed by atoms with E-state index in [1.54, 1.807) is 55.0 Å². The van der Waals surface area contributed by atoms with Gasteiger partial charge in [-0.2, -0.15) is 0 Å². The molecule has 2 heterocycles. The monoisotopic (exact) mass is 582 g/mol. The molecule has 0 fully saturated rings. The molecule has 7 nitrogen and oxygen atoms in total. The van der Waals surface area contributed by atoms with Gasteiger partial charge in [0.15, 0.2) is 0 Å². The Morgan fingerprint density at radius 3 is 1.89 bits per heavy atom. The molecule has 4 rings (SSSR count). The fourth-order valence-corrected chi connectivity index (χ4v) is 3.61. The molecule has 2 aromatic carbocycles. The van der Waals surface area contributed by atoms with Crippen LogP contribution in [-0.4, -0.2) is 29.5 Å². The normalized spacial score (nSPS) is 9.80. The van der Waals surface area contributed by atoms with E-state index in [1.165, 1.54) is 0 Å². The molecular weight excluding hydrogens is 557 g/mol. The Kier molecular flexibility index (Phi) is 12.5. The standard InChI is InChI=1S/C19H17N2O2S.C5H5N.C2H4O2.Pd/c1-14-7-10-16(11-8-14)24(22,23)21-19-6-4-3-5-17(19)18-12-9-15(2)13-20-18;1-2-4-6-5-3-1;1-2(3)4;/h3-13H,1-2H3;1-5H;1H3,(H,3,4);/q-1;;;. The summed E-state index contributed by atoms with van der Waals surface area (Å²) in [5.74, 6) is -0.833. The Morgan fingerprint density at radius 2 is 1.40 bits per heavy atom. The second kappa shape index (κ2) is 14.8. The smallest absolute Gasteiger partial charge is 0.300 e. The van der Waals surface area contributed by atoms with Crippen LogP contribution in [-0.2, 0) is 35.2 Å². The third-order valence-electron chi connectivity index (χ3n) is 4.20. The quantitative estimate of drug-likeness (QED) is 0.299. The maximum absolute atomic E-state index is 12.6. The van der Waals surface area contributed by atoms with Gasteiger partial charge in [-0.25, -0.2) is 8.42 Å². The number of nitrogens with zero attached hydrogens (tertiary/aromatic N) is 3. The zero-order valence-electron chi connectivity index (χ0n) is 19.5. The Balaban J connectivity index is 0.000000467. The minimum Gasteiger partial charge on any atom is -0.572 e. The molecule has 4 aromatic rings. The topological polar surface area (TPSA) is 111 Å². The number of pyridine rings is 2. The van der Waals surface area contributed by atoms with Crippen molar-refractivity contribution in [1.82, 2.24) is 9.97 Å². The molecule has 2 aromatic heterocycles. The van der Waals surface area contributed by atoms with E-state index in [4.69, 9.17) is 9.90 Å². The molecule has 0 saturated carbocycles.